The zero-order valence-corrected chi connectivity index (χ0v) is 13.3. The molecule has 0 saturated carbocycles. The Balaban J connectivity index is 0.00000200. The Morgan fingerprint density at radius 3 is 2.70 bits per heavy atom. The van der Waals surface area contributed by atoms with Crippen molar-refractivity contribution in [2.75, 3.05) is 39.3 Å². The van der Waals surface area contributed by atoms with E-state index in [0.29, 0.717) is 22.2 Å². The van der Waals surface area contributed by atoms with Crippen LogP contribution in [0.1, 0.15) is 10.4 Å². The highest BCUT2D eigenvalue weighted by atomic mass is 35.5. The summed E-state index contributed by atoms with van der Waals surface area (Å²) in [4.78, 5) is 14.3. The molecule has 0 radical (unpaired) electrons. The minimum Gasteiger partial charge on any atom is -0.351 e. The van der Waals surface area contributed by atoms with Gasteiger partial charge in [-0.05, 0) is 18.2 Å². The second-order valence-electron chi connectivity index (χ2n) is 4.47. The molecule has 112 valence electrons. The molecule has 0 unspecified atom stereocenters. The van der Waals surface area contributed by atoms with Crippen LogP contribution in [0.2, 0.25) is 10.0 Å². The molecule has 20 heavy (non-hydrogen) atoms. The van der Waals surface area contributed by atoms with Gasteiger partial charge < -0.3 is 10.6 Å². The van der Waals surface area contributed by atoms with Crippen LogP contribution in [-0.4, -0.2) is 50.1 Å². The molecule has 1 aliphatic heterocycles. The van der Waals surface area contributed by atoms with Crippen LogP contribution < -0.4 is 10.6 Å². The van der Waals surface area contributed by atoms with Crippen LogP contribution in [0.25, 0.3) is 0 Å². The summed E-state index contributed by atoms with van der Waals surface area (Å²) in [5.74, 6) is -0.178. The van der Waals surface area contributed by atoms with E-state index in [4.69, 9.17) is 23.2 Å². The van der Waals surface area contributed by atoms with Gasteiger partial charge in [-0.3, -0.25) is 9.69 Å². The van der Waals surface area contributed by atoms with E-state index in [1.54, 1.807) is 18.2 Å². The van der Waals surface area contributed by atoms with E-state index in [-0.39, 0.29) is 18.3 Å². The zero-order valence-electron chi connectivity index (χ0n) is 11.0. The van der Waals surface area contributed by atoms with Crippen molar-refractivity contribution in [2.45, 2.75) is 0 Å². The zero-order chi connectivity index (χ0) is 13.7. The third-order valence-corrected chi connectivity index (χ3v) is 3.66. The van der Waals surface area contributed by atoms with Crippen LogP contribution in [0.4, 0.5) is 0 Å². The third-order valence-electron chi connectivity index (χ3n) is 3.10. The first-order chi connectivity index (χ1) is 9.16. The third kappa shape index (κ3) is 5.11. The van der Waals surface area contributed by atoms with E-state index < -0.39 is 0 Å². The molecule has 7 heteroatoms. The van der Waals surface area contributed by atoms with Gasteiger partial charge in [0.2, 0.25) is 0 Å². The van der Waals surface area contributed by atoms with Crippen molar-refractivity contribution in [1.82, 2.24) is 15.5 Å². The first-order valence-corrected chi connectivity index (χ1v) is 7.09. The number of hydrogen-bond acceptors (Lipinski definition) is 3. The molecule has 1 fully saturated rings. The fourth-order valence-corrected chi connectivity index (χ4v) is 2.40. The molecule has 0 atom stereocenters. The van der Waals surface area contributed by atoms with Crippen LogP contribution in [0.15, 0.2) is 18.2 Å². The maximum atomic E-state index is 12.0. The number of amides is 1. The number of nitrogens with one attached hydrogen (secondary N) is 2. The summed E-state index contributed by atoms with van der Waals surface area (Å²) in [6.07, 6.45) is 0. The lowest BCUT2D eigenvalue weighted by Gasteiger charge is -2.27. The van der Waals surface area contributed by atoms with Gasteiger partial charge in [0.05, 0.1) is 10.6 Å². The first-order valence-electron chi connectivity index (χ1n) is 6.33. The molecule has 1 amide bonds. The molecule has 0 spiro atoms. The first kappa shape index (κ1) is 17.5. The monoisotopic (exact) mass is 337 g/mol. The lowest BCUT2D eigenvalue weighted by Crippen LogP contribution is -2.46. The van der Waals surface area contributed by atoms with E-state index in [9.17, 15) is 4.79 Å². The fraction of sp³-hybridized carbons (Fsp3) is 0.462. The van der Waals surface area contributed by atoms with Crippen molar-refractivity contribution in [3.8, 4) is 0 Å². The minimum atomic E-state index is -0.178. The standard InChI is InChI=1S/C13H17Cl2N3O.ClH/c14-10-1-2-12(15)11(9-10)13(19)17-5-8-18-6-3-16-4-7-18;/h1-2,9,16H,3-8H2,(H,17,19);1H. The molecule has 0 aliphatic carbocycles. The van der Waals surface area contributed by atoms with Crippen LogP contribution in [-0.2, 0) is 0 Å². The number of hydrogen-bond donors (Lipinski definition) is 2. The molecular weight excluding hydrogens is 321 g/mol. The lowest BCUT2D eigenvalue weighted by molar-refractivity contribution is 0.0947. The minimum absolute atomic E-state index is 0. The second-order valence-corrected chi connectivity index (χ2v) is 5.32. The SMILES string of the molecule is Cl.O=C(NCCN1CCNCC1)c1cc(Cl)ccc1Cl. The van der Waals surface area contributed by atoms with Crippen molar-refractivity contribution in [3.05, 3.63) is 33.8 Å². The molecule has 1 saturated heterocycles. The molecule has 1 aromatic carbocycles. The summed E-state index contributed by atoms with van der Waals surface area (Å²) in [6, 6.07) is 4.89. The molecule has 1 aromatic rings. The molecular formula is C13H18Cl3N3O. The maximum absolute atomic E-state index is 12.0. The number of halogens is 3. The molecule has 2 rings (SSSR count). The van der Waals surface area contributed by atoms with Gasteiger partial charge in [0.1, 0.15) is 0 Å². The van der Waals surface area contributed by atoms with Gasteiger partial charge in [-0.25, -0.2) is 0 Å². The maximum Gasteiger partial charge on any atom is 0.252 e. The lowest BCUT2D eigenvalue weighted by atomic mass is 10.2. The Bertz CT molecular complexity index is 450. The fourth-order valence-electron chi connectivity index (χ4n) is 2.03. The van der Waals surface area contributed by atoms with Crippen molar-refractivity contribution >= 4 is 41.5 Å². The van der Waals surface area contributed by atoms with E-state index in [2.05, 4.69) is 15.5 Å². The van der Waals surface area contributed by atoms with Crippen molar-refractivity contribution < 1.29 is 4.79 Å². The predicted molar refractivity (Wildman–Crippen MR) is 85.4 cm³/mol. The second kappa shape index (κ2) is 8.70. The Hall–Kier alpha value is -0.520. The average Bonchev–Trinajstić information content (AvgIpc) is 2.42. The van der Waals surface area contributed by atoms with Crippen LogP contribution >= 0.6 is 35.6 Å². The highest BCUT2D eigenvalue weighted by molar-refractivity contribution is 6.35. The molecule has 1 aliphatic rings. The van der Waals surface area contributed by atoms with Crippen molar-refractivity contribution in [1.29, 1.82) is 0 Å². The van der Waals surface area contributed by atoms with Gasteiger partial charge in [0, 0.05) is 44.3 Å². The summed E-state index contributed by atoms with van der Waals surface area (Å²) in [7, 11) is 0. The number of rotatable bonds is 4. The van der Waals surface area contributed by atoms with Crippen LogP contribution in [0.3, 0.4) is 0 Å². The largest absolute Gasteiger partial charge is 0.351 e. The molecule has 2 N–H and O–H groups in total. The van der Waals surface area contributed by atoms with Gasteiger partial charge in [-0.1, -0.05) is 23.2 Å². The smallest absolute Gasteiger partial charge is 0.252 e. The number of carbonyl (C=O) groups is 1. The summed E-state index contributed by atoms with van der Waals surface area (Å²) in [5, 5.41) is 7.09. The van der Waals surface area contributed by atoms with Crippen molar-refractivity contribution in [3.63, 3.8) is 0 Å². The van der Waals surface area contributed by atoms with Crippen LogP contribution in [0, 0.1) is 0 Å². The highest BCUT2D eigenvalue weighted by Gasteiger charge is 2.12. The highest BCUT2D eigenvalue weighted by Crippen LogP contribution is 2.20. The van der Waals surface area contributed by atoms with E-state index in [1.165, 1.54) is 0 Å². The number of nitrogens with zero attached hydrogens (tertiary/aromatic N) is 1. The van der Waals surface area contributed by atoms with E-state index in [0.717, 1.165) is 32.7 Å². The van der Waals surface area contributed by atoms with Gasteiger partial charge >= 0.3 is 0 Å². The Labute approximate surface area is 135 Å². The molecule has 0 bridgehead atoms. The topological polar surface area (TPSA) is 44.4 Å². The molecule has 1 heterocycles. The van der Waals surface area contributed by atoms with Gasteiger partial charge in [-0.2, -0.15) is 0 Å². The summed E-state index contributed by atoms with van der Waals surface area (Å²) in [6.45, 7) is 5.52. The van der Waals surface area contributed by atoms with E-state index >= 15 is 0 Å². The van der Waals surface area contributed by atoms with Crippen LogP contribution in [0.5, 0.6) is 0 Å². The normalized spacial score (nSPS) is 15.5. The predicted octanol–water partition coefficient (Wildman–Crippen LogP) is 2.05. The van der Waals surface area contributed by atoms with Gasteiger partial charge in [0.15, 0.2) is 0 Å². The number of benzene rings is 1. The molecule has 0 aromatic heterocycles. The molecule has 4 nitrogen and oxygen atoms in total. The average molecular weight is 339 g/mol. The number of carbonyl (C=O) groups excluding carboxylic acids is 1. The van der Waals surface area contributed by atoms with E-state index in [1.807, 2.05) is 0 Å². The van der Waals surface area contributed by atoms with Gasteiger partial charge in [-0.15, -0.1) is 12.4 Å². The Morgan fingerprint density at radius 2 is 2.00 bits per heavy atom. The summed E-state index contributed by atoms with van der Waals surface area (Å²) >= 11 is 11.8. The summed E-state index contributed by atoms with van der Waals surface area (Å²) in [5.41, 5.74) is 0.425. The Kier molecular flexibility index (Phi) is 7.62. The van der Waals surface area contributed by atoms with Crippen molar-refractivity contribution in [2.24, 2.45) is 0 Å². The number of piperazine rings is 1. The van der Waals surface area contributed by atoms with Gasteiger partial charge in [0.25, 0.3) is 5.91 Å². The summed E-state index contributed by atoms with van der Waals surface area (Å²) < 4.78 is 0. The quantitative estimate of drug-likeness (QED) is 0.883. The Morgan fingerprint density at radius 1 is 1.30 bits per heavy atom.